The second kappa shape index (κ2) is 6.87. The predicted octanol–water partition coefficient (Wildman–Crippen LogP) is 2.37. The summed E-state index contributed by atoms with van der Waals surface area (Å²) in [5.74, 6) is -1.27. The second-order valence-electron chi connectivity index (χ2n) is 5.15. The number of carbonyl (C=O) groups excluding carboxylic acids is 1. The normalized spacial score (nSPS) is 18.0. The lowest BCUT2D eigenvalue weighted by Crippen LogP contribution is -2.48. The van der Waals surface area contributed by atoms with Crippen LogP contribution in [0.5, 0.6) is 0 Å². The third-order valence-electron chi connectivity index (χ3n) is 3.70. The van der Waals surface area contributed by atoms with E-state index in [0.717, 1.165) is 12.8 Å². The minimum absolute atomic E-state index is 0.0162. The Morgan fingerprint density at radius 3 is 2.73 bits per heavy atom. The van der Waals surface area contributed by atoms with Gasteiger partial charge < -0.3 is 10.0 Å². The SMILES string of the molecule is O=C(O)[C@H]1CCCCN1C(=O)Cc1ccc([N+](=O)[O-])cc1Br. The lowest BCUT2D eigenvalue weighted by atomic mass is 10.0. The topological polar surface area (TPSA) is 101 Å². The number of carboxylic acids is 1. The fourth-order valence-electron chi connectivity index (χ4n) is 2.54. The molecule has 0 radical (unpaired) electrons. The molecule has 1 amide bonds. The molecule has 7 nitrogen and oxygen atoms in total. The van der Waals surface area contributed by atoms with Crippen molar-refractivity contribution in [3.63, 3.8) is 0 Å². The number of aliphatic carboxylic acids is 1. The van der Waals surface area contributed by atoms with Gasteiger partial charge in [-0.25, -0.2) is 4.79 Å². The molecule has 0 bridgehead atoms. The Hall–Kier alpha value is -1.96. The highest BCUT2D eigenvalue weighted by atomic mass is 79.9. The molecule has 1 heterocycles. The molecule has 118 valence electrons. The average molecular weight is 371 g/mol. The molecule has 1 aliphatic rings. The second-order valence-corrected chi connectivity index (χ2v) is 6.00. The van der Waals surface area contributed by atoms with E-state index in [2.05, 4.69) is 15.9 Å². The highest BCUT2D eigenvalue weighted by Gasteiger charge is 2.31. The number of likely N-dealkylation sites (tertiary alicyclic amines) is 1. The molecule has 0 spiro atoms. The van der Waals surface area contributed by atoms with Crippen LogP contribution in [0.1, 0.15) is 24.8 Å². The van der Waals surface area contributed by atoms with E-state index in [1.54, 1.807) is 0 Å². The summed E-state index contributed by atoms with van der Waals surface area (Å²) in [5, 5.41) is 19.9. The molecule has 1 N–H and O–H groups in total. The third-order valence-corrected chi connectivity index (χ3v) is 4.44. The number of hydrogen-bond acceptors (Lipinski definition) is 4. The van der Waals surface area contributed by atoms with Crippen molar-refractivity contribution in [3.05, 3.63) is 38.3 Å². The highest BCUT2D eigenvalue weighted by molar-refractivity contribution is 9.10. The van der Waals surface area contributed by atoms with Gasteiger partial charge in [-0.1, -0.05) is 22.0 Å². The number of non-ortho nitro benzene ring substituents is 1. The molecular formula is C14H15BrN2O5. The van der Waals surface area contributed by atoms with Gasteiger partial charge in [0.2, 0.25) is 5.91 Å². The van der Waals surface area contributed by atoms with Crippen LogP contribution in [0.3, 0.4) is 0 Å². The van der Waals surface area contributed by atoms with Crippen molar-refractivity contribution in [1.29, 1.82) is 0 Å². The van der Waals surface area contributed by atoms with E-state index in [-0.39, 0.29) is 18.0 Å². The van der Waals surface area contributed by atoms with Crippen LogP contribution in [0.25, 0.3) is 0 Å². The van der Waals surface area contributed by atoms with Gasteiger partial charge in [0.25, 0.3) is 5.69 Å². The van der Waals surface area contributed by atoms with E-state index in [1.165, 1.54) is 23.1 Å². The molecule has 1 aliphatic heterocycles. The number of rotatable bonds is 4. The van der Waals surface area contributed by atoms with E-state index in [0.29, 0.717) is 23.0 Å². The van der Waals surface area contributed by atoms with Crippen LogP contribution in [0.2, 0.25) is 0 Å². The lowest BCUT2D eigenvalue weighted by molar-refractivity contribution is -0.384. The number of carboxylic acid groups (broad SMARTS) is 1. The molecule has 1 aromatic rings. The first kappa shape index (κ1) is 16.4. The van der Waals surface area contributed by atoms with E-state index < -0.39 is 16.9 Å². The predicted molar refractivity (Wildman–Crippen MR) is 81.5 cm³/mol. The summed E-state index contributed by atoms with van der Waals surface area (Å²) < 4.78 is 0.471. The smallest absolute Gasteiger partial charge is 0.326 e. The van der Waals surface area contributed by atoms with Crippen LogP contribution >= 0.6 is 15.9 Å². The molecule has 8 heteroatoms. The third kappa shape index (κ3) is 3.62. The highest BCUT2D eigenvalue weighted by Crippen LogP contribution is 2.25. The Balaban J connectivity index is 2.14. The van der Waals surface area contributed by atoms with Crippen LogP contribution in [0.4, 0.5) is 5.69 Å². The van der Waals surface area contributed by atoms with Gasteiger partial charge in [0.1, 0.15) is 6.04 Å². The zero-order chi connectivity index (χ0) is 16.3. The first-order valence-corrected chi connectivity index (χ1v) is 7.64. The van der Waals surface area contributed by atoms with Gasteiger partial charge in [-0.3, -0.25) is 14.9 Å². The van der Waals surface area contributed by atoms with Gasteiger partial charge in [-0.05, 0) is 24.8 Å². The molecule has 0 saturated carbocycles. The molecule has 2 rings (SSSR count). The zero-order valence-electron chi connectivity index (χ0n) is 11.7. The largest absolute Gasteiger partial charge is 0.480 e. The van der Waals surface area contributed by atoms with Crippen molar-refractivity contribution in [2.45, 2.75) is 31.7 Å². The van der Waals surface area contributed by atoms with Crippen LogP contribution in [0.15, 0.2) is 22.7 Å². The van der Waals surface area contributed by atoms with E-state index in [1.807, 2.05) is 0 Å². The molecule has 1 atom stereocenters. The average Bonchev–Trinajstić information content (AvgIpc) is 2.48. The van der Waals surface area contributed by atoms with Crippen molar-refractivity contribution < 1.29 is 19.6 Å². The first-order chi connectivity index (χ1) is 10.4. The lowest BCUT2D eigenvalue weighted by Gasteiger charge is -2.33. The van der Waals surface area contributed by atoms with Crippen molar-refractivity contribution in [2.75, 3.05) is 6.54 Å². The van der Waals surface area contributed by atoms with Crippen LogP contribution in [-0.4, -0.2) is 39.4 Å². The van der Waals surface area contributed by atoms with Gasteiger partial charge in [0.05, 0.1) is 11.3 Å². The number of halogens is 1. The molecule has 1 saturated heterocycles. The van der Waals surface area contributed by atoms with Crippen LogP contribution in [-0.2, 0) is 16.0 Å². The summed E-state index contributed by atoms with van der Waals surface area (Å²) in [4.78, 5) is 35.2. The molecule has 0 aromatic heterocycles. The van der Waals surface area contributed by atoms with Crippen LogP contribution in [0, 0.1) is 10.1 Å². The Kier molecular flexibility index (Phi) is 5.12. The Labute approximate surface area is 135 Å². The van der Waals surface area contributed by atoms with Gasteiger partial charge >= 0.3 is 5.97 Å². The van der Waals surface area contributed by atoms with E-state index >= 15 is 0 Å². The summed E-state index contributed by atoms with van der Waals surface area (Å²) in [5.41, 5.74) is 0.537. The molecular weight excluding hydrogens is 356 g/mol. The Bertz CT molecular complexity index is 619. The minimum atomic E-state index is -0.990. The van der Waals surface area contributed by atoms with Crippen molar-refractivity contribution >= 4 is 33.5 Å². The number of nitro groups is 1. The Morgan fingerprint density at radius 1 is 1.41 bits per heavy atom. The number of benzene rings is 1. The summed E-state index contributed by atoms with van der Waals surface area (Å²) in [6, 6.07) is 3.41. The van der Waals surface area contributed by atoms with E-state index in [9.17, 15) is 24.8 Å². The standard InChI is InChI=1S/C14H15BrN2O5/c15-11-8-10(17(21)22)5-4-9(11)7-13(18)16-6-2-1-3-12(16)14(19)20/h4-5,8,12H,1-3,6-7H2,(H,19,20)/t12-/m1/s1. The molecule has 1 fully saturated rings. The quantitative estimate of drug-likeness (QED) is 0.647. The molecule has 0 unspecified atom stereocenters. The zero-order valence-corrected chi connectivity index (χ0v) is 13.3. The summed E-state index contributed by atoms with van der Waals surface area (Å²) in [7, 11) is 0. The molecule has 1 aromatic carbocycles. The number of hydrogen-bond donors (Lipinski definition) is 1. The van der Waals surface area contributed by atoms with Crippen molar-refractivity contribution in [2.24, 2.45) is 0 Å². The first-order valence-electron chi connectivity index (χ1n) is 6.85. The van der Waals surface area contributed by atoms with Gasteiger partial charge in [-0.15, -0.1) is 0 Å². The number of nitro benzene ring substituents is 1. The number of carbonyl (C=O) groups is 2. The maximum atomic E-state index is 12.4. The molecule has 22 heavy (non-hydrogen) atoms. The van der Waals surface area contributed by atoms with Gasteiger partial charge in [-0.2, -0.15) is 0 Å². The Morgan fingerprint density at radius 2 is 2.14 bits per heavy atom. The summed E-state index contributed by atoms with van der Waals surface area (Å²) in [6.45, 7) is 0.431. The summed E-state index contributed by atoms with van der Waals surface area (Å²) in [6.07, 6.45) is 2.06. The molecule has 0 aliphatic carbocycles. The van der Waals surface area contributed by atoms with Crippen molar-refractivity contribution in [3.8, 4) is 0 Å². The minimum Gasteiger partial charge on any atom is -0.480 e. The monoisotopic (exact) mass is 370 g/mol. The van der Waals surface area contributed by atoms with Crippen LogP contribution < -0.4 is 0 Å². The van der Waals surface area contributed by atoms with E-state index in [4.69, 9.17) is 0 Å². The van der Waals surface area contributed by atoms with Crippen molar-refractivity contribution in [1.82, 2.24) is 4.90 Å². The maximum Gasteiger partial charge on any atom is 0.326 e. The van der Waals surface area contributed by atoms with Gasteiger partial charge in [0.15, 0.2) is 0 Å². The van der Waals surface area contributed by atoms with Gasteiger partial charge in [0, 0.05) is 23.2 Å². The maximum absolute atomic E-state index is 12.4. The fourth-order valence-corrected chi connectivity index (χ4v) is 3.05. The number of piperidine rings is 1. The summed E-state index contributed by atoms with van der Waals surface area (Å²) >= 11 is 3.22. The fraction of sp³-hybridized carbons (Fsp3) is 0.429. The number of amides is 1. The number of nitrogens with zero attached hydrogens (tertiary/aromatic N) is 2.